The maximum Gasteiger partial charge on any atom is 0.118 e. The van der Waals surface area contributed by atoms with Crippen LogP contribution in [0.15, 0.2) is 46.9 Å². The summed E-state index contributed by atoms with van der Waals surface area (Å²) in [4.78, 5) is 0. The standard InChI is InChI=1S/C18H20BrNO2/c1-12-9-14-10-15(19)5-8-17(14)18(22-11-20-12)13-3-6-16(21-2)7-4-13/h3-8,10,12,18,20H,9,11H2,1-2H3. The van der Waals surface area contributed by atoms with Gasteiger partial charge in [-0.1, -0.05) is 34.1 Å². The van der Waals surface area contributed by atoms with Crippen LogP contribution in [0, 0.1) is 0 Å². The Labute approximate surface area is 139 Å². The van der Waals surface area contributed by atoms with Crippen LogP contribution in [0.25, 0.3) is 0 Å². The van der Waals surface area contributed by atoms with Crippen molar-refractivity contribution >= 4 is 15.9 Å². The van der Waals surface area contributed by atoms with E-state index in [4.69, 9.17) is 9.47 Å². The molecule has 0 saturated heterocycles. The van der Waals surface area contributed by atoms with Crippen LogP contribution in [0.2, 0.25) is 0 Å². The molecule has 1 aliphatic rings. The molecule has 0 aliphatic carbocycles. The Morgan fingerprint density at radius 2 is 1.95 bits per heavy atom. The second-order valence-electron chi connectivity index (χ2n) is 5.62. The van der Waals surface area contributed by atoms with Gasteiger partial charge in [-0.25, -0.2) is 0 Å². The second-order valence-corrected chi connectivity index (χ2v) is 6.53. The molecule has 2 aromatic carbocycles. The monoisotopic (exact) mass is 361 g/mol. The van der Waals surface area contributed by atoms with Gasteiger partial charge in [-0.05, 0) is 54.3 Å². The minimum Gasteiger partial charge on any atom is -0.497 e. The minimum absolute atomic E-state index is 0.0611. The lowest BCUT2D eigenvalue weighted by atomic mass is 9.93. The van der Waals surface area contributed by atoms with Crippen LogP contribution in [0.3, 0.4) is 0 Å². The Morgan fingerprint density at radius 1 is 1.18 bits per heavy atom. The third kappa shape index (κ3) is 3.35. The molecule has 1 aliphatic heterocycles. The first-order valence-electron chi connectivity index (χ1n) is 7.44. The molecule has 2 aromatic rings. The molecule has 116 valence electrons. The summed E-state index contributed by atoms with van der Waals surface area (Å²) in [5.74, 6) is 0.859. The molecule has 1 N–H and O–H groups in total. The molecule has 0 radical (unpaired) electrons. The number of ether oxygens (including phenoxy) is 2. The van der Waals surface area contributed by atoms with Crippen molar-refractivity contribution in [2.45, 2.75) is 25.5 Å². The summed E-state index contributed by atoms with van der Waals surface area (Å²) in [7, 11) is 1.68. The van der Waals surface area contributed by atoms with Gasteiger partial charge in [0.2, 0.25) is 0 Å². The van der Waals surface area contributed by atoms with E-state index in [1.165, 1.54) is 11.1 Å². The Bertz CT molecular complexity index is 642. The zero-order valence-corrected chi connectivity index (χ0v) is 14.4. The molecule has 0 saturated carbocycles. The highest BCUT2D eigenvalue weighted by atomic mass is 79.9. The van der Waals surface area contributed by atoms with E-state index >= 15 is 0 Å². The number of fused-ring (bicyclic) bond motifs is 1. The summed E-state index contributed by atoms with van der Waals surface area (Å²) < 4.78 is 12.5. The summed E-state index contributed by atoms with van der Waals surface area (Å²) in [6, 6.07) is 14.9. The molecule has 1 heterocycles. The van der Waals surface area contributed by atoms with Gasteiger partial charge in [0.25, 0.3) is 0 Å². The lowest BCUT2D eigenvalue weighted by Crippen LogP contribution is -2.34. The van der Waals surface area contributed by atoms with E-state index < -0.39 is 0 Å². The average molecular weight is 362 g/mol. The highest BCUT2D eigenvalue weighted by Gasteiger charge is 2.22. The van der Waals surface area contributed by atoms with E-state index in [0.29, 0.717) is 12.8 Å². The normalized spacial score (nSPS) is 21.6. The summed E-state index contributed by atoms with van der Waals surface area (Å²) in [6.07, 6.45) is 0.930. The van der Waals surface area contributed by atoms with E-state index in [1.807, 2.05) is 12.1 Å². The Hall–Kier alpha value is -1.36. The van der Waals surface area contributed by atoms with E-state index in [9.17, 15) is 0 Å². The van der Waals surface area contributed by atoms with Crippen molar-refractivity contribution in [3.8, 4) is 5.75 Å². The van der Waals surface area contributed by atoms with Crippen LogP contribution in [0.4, 0.5) is 0 Å². The van der Waals surface area contributed by atoms with Crippen LogP contribution < -0.4 is 10.1 Å². The van der Waals surface area contributed by atoms with Crippen LogP contribution in [0.5, 0.6) is 5.75 Å². The summed E-state index contributed by atoms with van der Waals surface area (Å²) in [6.45, 7) is 2.73. The summed E-state index contributed by atoms with van der Waals surface area (Å²) in [5, 5.41) is 3.40. The molecule has 0 bridgehead atoms. The highest BCUT2D eigenvalue weighted by molar-refractivity contribution is 9.10. The first-order valence-corrected chi connectivity index (χ1v) is 8.24. The number of hydrogen-bond acceptors (Lipinski definition) is 3. The Kier molecular flexibility index (Phi) is 4.81. The number of rotatable bonds is 2. The van der Waals surface area contributed by atoms with Crippen molar-refractivity contribution < 1.29 is 9.47 Å². The number of halogens is 1. The zero-order chi connectivity index (χ0) is 15.5. The van der Waals surface area contributed by atoms with Crippen molar-refractivity contribution in [3.63, 3.8) is 0 Å². The molecule has 0 aromatic heterocycles. The molecule has 2 unspecified atom stereocenters. The number of methoxy groups -OCH3 is 1. The molecule has 4 heteroatoms. The van der Waals surface area contributed by atoms with Crippen molar-refractivity contribution in [3.05, 3.63) is 63.6 Å². The van der Waals surface area contributed by atoms with Crippen LogP contribution in [-0.2, 0) is 11.2 Å². The predicted molar refractivity (Wildman–Crippen MR) is 91.2 cm³/mol. The van der Waals surface area contributed by atoms with Crippen LogP contribution in [0.1, 0.15) is 29.7 Å². The van der Waals surface area contributed by atoms with Crippen molar-refractivity contribution in [2.75, 3.05) is 13.8 Å². The third-order valence-electron chi connectivity index (χ3n) is 4.01. The van der Waals surface area contributed by atoms with Gasteiger partial charge >= 0.3 is 0 Å². The molecule has 0 amide bonds. The molecular weight excluding hydrogens is 342 g/mol. The fourth-order valence-electron chi connectivity index (χ4n) is 2.83. The smallest absolute Gasteiger partial charge is 0.118 e. The third-order valence-corrected chi connectivity index (χ3v) is 4.51. The van der Waals surface area contributed by atoms with Gasteiger partial charge in [-0.3, -0.25) is 5.32 Å². The SMILES string of the molecule is COc1ccc(C2OCNC(C)Cc3cc(Br)ccc32)cc1. The van der Waals surface area contributed by atoms with E-state index in [-0.39, 0.29) is 6.10 Å². The van der Waals surface area contributed by atoms with Gasteiger partial charge in [-0.2, -0.15) is 0 Å². The first-order chi connectivity index (χ1) is 10.7. The van der Waals surface area contributed by atoms with Gasteiger partial charge in [0.05, 0.1) is 13.8 Å². The van der Waals surface area contributed by atoms with Gasteiger partial charge in [0.1, 0.15) is 11.9 Å². The molecular formula is C18H20BrNO2. The van der Waals surface area contributed by atoms with Gasteiger partial charge < -0.3 is 9.47 Å². The van der Waals surface area contributed by atoms with Crippen molar-refractivity contribution in [1.29, 1.82) is 0 Å². The minimum atomic E-state index is -0.0611. The summed E-state index contributed by atoms with van der Waals surface area (Å²) in [5.41, 5.74) is 3.69. The van der Waals surface area contributed by atoms with Crippen LogP contribution >= 0.6 is 15.9 Å². The van der Waals surface area contributed by atoms with Gasteiger partial charge in [0.15, 0.2) is 0 Å². The topological polar surface area (TPSA) is 30.5 Å². The summed E-state index contributed by atoms with van der Waals surface area (Å²) >= 11 is 3.57. The van der Waals surface area contributed by atoms with E-state index in [1.54, 1.807) is 7.11 Å². The first kappa shape index (κ1) is 15.5. The second kappa shape index (κ2) is 6.82. The molecule has 3 nitrogen and oxygen atoms in total. The van der Waals surface area contributed by atoms with E-state index in [2.05, 4.69) is 58.5 Å². The highest BCUT2D eigenvalue weighted by Crippen LogP contribution is 2.32. The number of benzene rings is 2. The number of hydrogen-bond donors (Lipinski definition) is 1. The van der Waals surface area contributed by atoms with Crippen molar-refractivity contribution in [2.24, 2.45) is 0 Å². The van der Waals surface area contributed by atoms with Crippen molar-refractivity contribution in [1.82, 2.24) is 5.32 Å². The number of nitrogens with one attached hydrogen (secondary N) is 1. The van der Waals surface area contributed by atoms with Crippen LogP contribution in [-0.4, -0.2) is 19.9 Å². The molecule has 0 spiro atoms. The fraction of sp³-hybridized carbons (Fsp3) is 0.333. The Balaban J connectivity index is 2.01. The molecule has 3 rings (SSSR count). The van der Waals surface area contributed by atoms with Gasteiger partial charge in [0, 0.05) is 10.5 Å². The molecule has 2 atom stereocenters. The quantitative estimate of drug-likeness (QED) is 0.874. The fourth-order valence-corrected chi connectivity index (χ4v) is 3.24. The van der Waals surface area contributed by atoms with E-state index in [0.717, 1.165) is 22.2 Å². The lowest BCUT2D eigenvalue weighted by molar-refractivity contribution is 0.0553. The maximum atomic E-state index is 6.11. The Morgan fingerprint density at radius 3 is 2.68 bits per heavy atom. The molecule has 0 fully saturated rings. The molecule has 22 heavy (non-hydrogen) atoms. The lowest BCUT2D eigenvalue weighted by Gasteiger charge is -2.27. The average Bonchev–Trinajstić information content (AvgIpc) is 2.51. The largest absolute Gasteiger partial charge is 0.497 e. The zero-order valence-electron chi connectivity index (χ0n) is 12.8. The maximum absolute atomic E-state index is 6.11. The predicted octanol–water partition coefficient (Wildman–Crippen LogP) is 4.06. The van der Waals surface area contributed by atoms with Gasteiger partial charge in [-0.15, -0.1) is 0 Å².